The monoisotopic (exact) mass is 669 g/mol. The van der Waals surface area contributed by atoms with Crippen LogP contribution in [0.5, 0.6) is 11.5 Å². The Balaban J connectivity index is 1.34. The Morgan fingerprint density at radius 1 is 1.04 bits per heavy atom. The van der Waals surface area contributed by atoms with Gasteiger partial charge in [-0.3, -0.25) is 14.5 Å². The Kier molecular flexibility index (Phi) is 10.4. The van der Waals surface area contributed by atoms with Crippen LogP contribution in [0.2, 0.25) is 11.3 Å². The number of carbonyl (C=O) groups excluding carboxylic acids is 2. The highest BCUT2D eigenvalue weighted by Crippen LogP contribution is 2.51. The first-order chi connectivity index (χ1) is 23.1. The number of aromatic hydroxyl groups is 1. The van der Waals surface area contributed by atoms with Crippen molar-refractivity contribution in [1.82, 2.24) is 0 Å². The van der Waals surface area contributed by atoms with Gasteiger partial charge in [0.15, 0.2) is 0 Å². The standard InChI is InChI=1S/C36H38B2ClNO8/c1-2-7-22(16-23-13-14-27(41)19-31(23)39)12-15-32-33-24(21-47-28-10-4-3-5-11-28)17-29-34(30(33)20-37(44)48-32)36(43)40(35(29)42)26-9-6-8-25(18-26)38(45)46/h3-6,8-11,13-14,16,18-19,29-30,32,34,41,44-46H,2,7,12,15,17,20-21H2,1H3/b22-16+/t29-,30+,32-,34-/m1/s1. The molecule has 2 heterocycles. The molecule has 2 fully saturated rings. The van der Waals surface area contributed by atoms with Gasteiger partial charge in [-0.05, 0) is 103 Å². The molecule has 0 radical (unpaired) electrons. The summed E-state index contributed by atoms with van der Waals surface area (Å²) in [6.45, 7) is 2.29. The van der Waals surface area contributed by atoms with Crippen molar-refractivity contribution in [3.05, 3.63) is 100 Å². The third-order valence-corrected chi connectivity index (χ3v) is 9.86. The van der Waals surface area contributed by atoms with Crippen molar-refractivity contribution in [1.29, 1.82) is 0 Å². The number of carbonyl (C=O) groups is 2. The lowest BCUT2D eigenvalue weighted by Crippen LogP contribution is -2.46. The molecule has 0 saturated carbocycles. The van der Waals surface area contributed by atoms with E-state index in [9.17, 15) is 29.8 Å². The van der Waals surface area contributed by atoms with Crippen LogP contribution in [0, 0.1) is 17.8 Å². The summed E-state index contributed by atoms with van der Waals surface area (Å²) in [5, 5.41) is 40.8. The molecule has 0 bridgehead atoms. The average molecular weight is 670 g/mol. The van der Waals surface area contributed by atoms with E-state index in [-0.39, 0.29) is 41.6 Å². The lowest BCUT2D eigenvalue weighted by molar-refractivity contribution is -0.122. The van der Waals surface area contributed by atoms with Gasteiger partial charge in [-0.1, -0.05) is 66.9 Å². The van der Waals surface area contributed by atoms with E-state index in [1.807, 2.05) is 36.4 Å². The van der Waals surface area contributed by atoms with Crippen LogP contribution in [-0.2, 0) is 14.2 Å². The predicted octanol–water partition coefficient (Wildman–Crippen LogP) is 4.77. The molecular weight excluding hydrogens is 631 g/mol. The molecule has 0 aromatic heterocycles. The van der Waals surface area contributed by atoms with E-state index in [1.165, 1.54) is 18.2 Å². The summed E-state index contributed by atoms with van der Waals surface area (Å²) < 4.78 is 12.4. The number of allylic oxidation sites excluding steroid dienone is 1. The minimum atomic E-state index is -1.75. The zero-order valence-electron chi connectivity index (χ0n) is 26.7. The summed E-state index contributed by atoms with van der Waals surface area (Å²) >= 11 is 6.42. The lowest BCUT2D eigenvalue weighted by atomic mass is 9.58. The zero-order chi connectivity index (χ0) is 33.9. The highest BCUT2D eigenvalue weighted by Gasteiger charge is 2.57. The van der Waals surface area contributed by atoms with E-state index >= 15 is 0 Å². The number of hydrogen-bond acceptors (Lipinski definition) is 8. The number of fused-ring (bicyclic) bond motifs is 3. The fourth-order valence-electron chi connectivity index (χ4n) is 7.42. The molecule has 3 aromatic carbocycles. The van der Waals surface area contributed by atoms with Crippen molar-refractivity contribution in [2.75, 3.05) is 11.5 Å². The number of para-hydroxylation sites is 1. The summed E-state index contributed by atoms with van der Waals surface area (Å²) in [7, 11) is -2.88. The highest BCUT2D eigenvalue weighted by atomic mass is 35.5. The van der Waals surface area contributed by atoms with Crippen LogP contribution < -0.4 is 15.1 Å². The van der Waals surface area contributed by atoms with E-state index < -0.39 is 38.1 Å². The van der Waals surface area contributed by atoms with Gasteiger partial charge in [0.05, 0.1) is 28.6 Å². The van der Waals surface area contributed by atoms with Gasteiger partial charge in [0.2, 0.25) is 11.8 Å². The fourth-order valence-corrected chi connectivity index (χ4v) is 7.65. The normalized spacial score (nSPS) is 22.6. The van der Waals surface area contributed by atoms with Crippen LogP contribution in [0.3, 0.4) is 0 Å². The zero-order valence-corrected chi connectivity index (χ0v) is 27.4. The molecule has 12 heteroatoms. The number of phenolic OH excluding ortho intramolecular Hbond substituents is 1. The second kappa shape index (κ2) is 14.7. The molecule has 4 atom stereocenters. The second-order valence-corrected chi connectivity index (χ2v) is 13.1. The van der Waals surface area contributed by atoms with Crippen molar-refractivity contribution in [3.63, 3.8) is 0 Å². The van der Waals surface area contributed by atoms with Gasteiger partial charge in [0, 0.05) is 0 Å². The number of hydrogen-bond donors (Lipinski definition) is 4. The first-order valence-corrected chi connectivity index (χ1v) is 16.8. The van der Waals surface area contributed by atoms with Crippen LogP contribution in [-0.4, -0.2) is 58.9 Å². The van der Waals surface area contributed by atoms with Gasteiger partial charge in [0.25, 0.3) is 0 Å². The first-order valence-electron chi connectivity index (χ1n) is 16.4. The molecule has 1 aliphatic carbocycles. The molecule has 9 nitrogen and oxygen atoms in total. The van der Waals surface area contributed by atoms with E-state index in [0.717, 1.165) is 40.0 Å². The Morgan fingerprint density at radius 3 is 2.56 bits per heavy atom. The number of benzene rings is 3. The number of halogens is 1. The molecular formula is C36H38B2ClNO8. The molecule has 2 saturated heterocycles. The lowest BCUT2D eigenvalue weighted by Gasteiger charge is -2.43. The van der Waals surface area contributed by atoms with Gasteiger partial charge >= 0.3 is 14.2 Å². The molecule has 2 amide bonds. The second-order valence-electron chi connectivity index (χ2n) is 12.7. The van der Waals surface area contributed by atoms with Gasteiger partial charge in [0.1, 0.15) is 18.1 Å². The summed E-state index contributed by atoms with van der Waals surface area (Å²) in [6.07, 6.45) is 4.84. The predicted molar refractivity (Wildman–Crippen MR) is 186 cm³/mol. The summed E-state index contributed by atoms with van der Waals surface area (Å²) in [6, 6.07) is 20.4. The SMILES string of the molecule is CCC/C(=C\c1ccc(O)cc1Cl)CC[C@H]1OB(O)C[C@H]2C1=C(COc1ccccc1)C[C@H]1C(=O)N(c3cccc(B(O)O)c3)C(=O)[C@H]12. The molecule has 0 spiro atoms. The largest absolute Gasteiger partial charge is 0.508 e. The highest BCUT2D eigenvalue weighted by molar-refractivity contribution is 6.58. The Bertz CT molecular complexity index is 1730. The number of imide groups is 1. The Labute approximate surface area is 285 Å². The number of amides is 2. The van der Waals surface area contributed by atoms with Crippen LogP contribution in [0.25, 0.3) is 6.08 Å². The van der Waals surface area contributed by atoms with Crippen molar-refractivity contribution in [2.24, 2.45) is 17.8 Å². The van der Waals surface area contributed by atoms with Gasteiger partial charge in [-0.2, -0.15) is 0 Å². The van der Waals surface area contributed by atoms with Crippen LogP contribution in [0.1, 0.15) is 44.6 Å². The van der Waals surface area contributed by atoms with Gasteiger partial charge in [-0.15, -0.1) is 0 Å². The van der Waals surface area contributed by atoms with Crippen molar-refractivity contribution < 1.29 is 39.2 Å². The van der Waals surface area contributed by atoms with Crippen molar-refractivity contribution in [3.8, 4) is 11.5 Å². The Hall–Kier alpha value is -3.86. The summed E-state index contributed by atoms with van der Waals surface area (Å²) in [5.74, 6) is -1.80. The van der Waals surface area contributed by atoms with Crippen molar-refractivity contribution in [2.45, 2.75) is 51.5 Å². The molecule has 2 aliphatic heterocycles. The molecule has 6 rings (SSSR count). The van der Waals surface area contributed by atoms with E-state index in [1.54, 1.807) is 24.3 Å². The molecule has 3 aromatic rings. The number of nitrogens with zero attached hydrogens (tertiary/aromatic N) is 1. The van der Waals surface area contributed by atoms with E-state index in [0.29, 0.717) is 30.0 Å². The minimum Gasteiger partial charge on any atom is -0.508 e. The molecule has 0 unspecified atom stereocenters. The first kappa shape index (κ1) is 34.0. The van der Waals surface area contributed by atoms with Crippen LogP contribution >= 0.6 is 11.6 Å². The number of ether oxygens (including phenoxy) is 1. The maximum atomic E-state index is 14.2. The molecule has 248 valence electrons. The van der Waals surface area contributed by atoms with E-state index in [2.05, 4.69) is 6.92 Å². The van der Waals surface area contributed by atoms with Gasteiger partial charge in [-0.25, -0.2) is 0 Å². The number of rotatable bonds is 11. The third kappa shape index (κ3) is 7.11. The van der Waals surface area contributed by atoms with Crippen molar-refractivity contribution >= 4 is 54.9 Å². The smallest absolute Gasteiger partial charge is 0.488 e. The van der Waals surface area contributed by atoms with E-state index in [4.69, 9.17) is 21.0 Å². The molecule has 4 N–H and O–H groups in total. The third-order valence-electron chi connectivity index (χ3n) is 9.53. The minimum absolute atomic E-state index is 0.0924. The van der Waals surface area contributed by atoms with Crippen LogP contribution in [0.4, 0.5) is 5.69 Å². The quantitative estimate of drug-likeness (QED) is 0.130. The van der Waals surface area contributed by atoms with Crippen LogP contribution in [0.15, 0.2) is 89.5 Å². The maximum absolute atomic E-state index is 14.2. The Morgan fingerprint density at radius 2 is 1.83 bits per heavy atom. The molecule has 48 heavy (non-hydrogen) atoms. The van der Waals surface area contributed by atoms with Gasteiger partial charge < -0.3 is 29.6 Å². The topological polar surface area (TPSA) is 137 Å². The summed E-state index contributed by atoms with van der Waals surface area (Å²) in [5.41, 5.74) is 4.16. The fraction of sp³-hybridized carbons (Fsp3) is 0.333. The number of phenols is 1. The average Bonchev–Trinajstić information content (AvgIpc) is 3.32. The molecule has 3 aliphatic rings. The number of anilines is 1. The summed E-state index contributed by atoms with van der Waals surface area (Å²) in [4.78, 5) is 29.3. The maximum Gasteiger partial charge on any atom is 0.488 e.